The lowest BCUT2D eigenvalue weighted by atomic mass is 9.77. The molecule has 124 valence electrons. The van der Waals surface area contributed by atoms with Crippen LogP contribution in [-0.2, 0) is 9.84 Å². The Hall–Kier alpha value is -0.130. The predicted molar refractivity (Wildman–Crippen MR) is 88.4 cm³/mol. The van der Waals surface area contributed by atoms with E-state index in [-0.39, 0.29) is 16.8 Å². The van der Waals surface area contributed by atoms with Crippen LogP contribution in [0.3, 0.4) is 0 Å². The molecule has 0 aromatic carbocycles. The van der Waals surface area contributed by atoms with Crippen molar-refractivity contribution in [1.29, 1.82) is 0 Å². The third-order valence-corrected chi connectivity index (χ3v) is 7.05. The van der Waals surface area contributed by atoms with Crippen LogP contribution in [0.4, 0.5) is 0 Å². The average molecular weight is 317 g/mol. The van der Waals surface area contributed by atoms with Gasteiger partial charge >= 0.3 is 0 Å². The molecule has 5 heteroatoms. The fraction of sp³-hybridized carbons (Fsp3) is 1.00. The molecule has 1 spiro atoms. The molecule has 1 heterocycles. The van der Waals surface area contributed by atoms with Gasteiger partial charge in [0.2, 0.25) is 0 Å². The molecule has 2 fully saturated rings. The third kappa shape index (κ3) is 4.42. The normalized spacial score (nSPS) is 26.0. The smallest absolute Gasteiger partial charge is 0.150 e. The van der Waals surface area contributed by atoms with Crippen LogP contribution < -0.4 is 5.32 Å². The number of nitrogens with one attached hydrogen (secondary N) is 1. The summed E-state index contributed by atoms with van der Waals surface area (Å²) in [7, 11) is -2.83. The highest BCUT2D eigenvalue weighted by atomic mass is 32.2. The van der Waals surface area contributed by atoms with Gasteiger partial charge in [-0.1, -0.05) is 26.2 Å². The van der Waals surface area contributed by atoms with Crippen molar-refractivity contribution in [1.82, 2.24) is 10.2 Å². The fourth-order valence-electron chi connectivity index (χ4n) is 3.86. The van der Waals surface area contributed by atoms with Gasteiger partial charge in [-0.15, -0.1) is 0 Å². The van der Waals surface area contributed by atoms with Crippen LogP contribution in [0.25, 0.3) is 0 Å². The lowest BCUT2D eigenvalue weighted by Gasteiger charge is -2.54. The maximum atomic E-state index is 11.7. The Bertz CT molecular complexity index is 439. The molecule has 1 aliphatic heterocycles. The summed E-state index contributed by atoms with van der Waals surface area (Å²) in [6, 6.07) is 0. The highest BCUT2D eigenvalue weighted by Gasteiger charge is 2.44. The molecule has 4 nitrogen and oxygen atoms in total. The highest BCUT2D eigenvalue weighted by molar-refractivity contribution is 7.91. The third-order valence-electron chi connectivity index (χ3n) is 5.26. The van der Waals surface area contributed by atoms with E-state index in [1.165, 1.54) is 32.1 Å². The molecule has 2 aliphatic rings. The van der Waals surface area contributed by atoms with Gasteiger partial charge in [-0.2, -0.15) is 0 Å². The first-order chi connectivity index (χ1) is 9.79. The summed E-state index contributed by atoms with van der Waals surface area (Å²) >= 11 is 0. The maximum absolute atomic E-state index is 11.7. The van der Waals surface area contributed by atoms with E-state index in [0.717, 1.165) is 26.1 Å². The predicted octanol–water partition coefficient (Wildman–Crippen LogP) is 2.20. The second-order valence-electron chi connectivity index (χ2n) is 7.53. The zero-order valence-electron chi connectivity index (χ0n) is 14.0. The second kappa shape index (κ2) is 6.55. The van der Waals surface area contributed by atoms with Crippen molar-refractivity contribution < 1.29 is 8.42 Å². The van der Waals surface area contributed by atoms with E-state index in [4.69, 9.17) is 0 Å². The van der Waals surface area contributed by atoms with Crippen molar-refractivity contribution in [2.75, 3.05) is 31.1 Å². The molecule has 2 rings (SSSR count). The van der Waals surface area contributed by atoms with E-state index < -0.39 is 9.84 Å². The van der Waals surface area contributed by atoms with Crippen LogP contribution in [0.1, 0.15) is 59.3 Å². The molecule has 0 radical (unpaired) electrons. The van der Waals surface area contributed by atoms with Crippen molar-refractivity contribution in [3.05, 3.63) is 0 Å². The number of piperazine rings is 1. The van der Waals surface area contributed by atoms with Crippen molar-refractivity contribution in [2.45, 2.75) is 70.4 Å². The average Bonchev–Trinajstić information content (AvgIpc) is 2.44. The van der Waals surface area contributed by atoms with Crippen LogP contribution in [0, 0.1) is 0 Å². The molecule has 0 amide bonds. The first kappa shape index (κ1) is 17.2. The van der Waals surface area contributed by atoms with Crippen LogP contribution in [0.5, 0.6) is 0 Å². The summed E-state index contributed by atoms with van der Waals surface area (Å²) in [6.07, 6.45) is 7.27. The number of rotatable bonds is 5. The Morgan fingerprint density at radius 3 is 2.43 bits per heavy atom. The monoisotopic (exact) mass is 316 g/mol. The number of hydrogen-bond donors (Lipinski definition) is 1. The van der Waals surface area contributed by atoms with Gasteiger partial charge in [0.05, 0.1) is 5.75 Å². The van der Waals surface area contributed by atoms with E-state index in [1.54, 1.807) is 6.92 Å². The molecule has 0 aromatic heterocycles. The Labute approximate surface area is 130 Å². The zero-order chi connectivity index (χ0) is 15.6. The van der Waals surface area contributed by atoms with E-state index in [9.17, 15) is 8.42 Å². The van der Waals surface area contributed by atoms with E-state index in [2.05, 4.69) is 24.1 Å². The van der Waals surface area contributed by atoms with Crippen molar-refractivity contribution in [2.24, 2.45) is 0 Å². The lowest BCUT2D eigenvalue weighted by Crippen LogP contribution is -2.68. The highest BCUT2D eigenvalue weighted by Crippen LogP contribution is 2.37. The van der Waals surface area contributed by atoms with Gasteiger partial charge in [0.25, 0.3) is 0 Å². The summed E-state index contributed by atoms with van der Waals surface area (Å²) in [5.41, 5.74) is 0.413. The summed E-state index contributed by atoms with van der Waals surface area (Å²) in [5, 5.41) is 3.71. The Balaban J connectivity index is 2.00. The summed E-state index contributed by atoms with van der Waals surface area (Å²) in [4.78, 5) is 2.60. The molecule has 0 atom stereocenters. The largest absolute Gasteiger partial charge is 0.309 e. The number of hydrogen-bond acceptors (Lipinski definition) is 4. The Morgan fingerprint density at radius 2 is 1.81 bits per heavy atom. The minimum absolute atomic E-state index is 0.131. The molecule has 0 bridgehead atoms. The molecular weight excluding hydrogens is 284 g/mol. The van der Waals surface area contributed by atoms with Gasteiger partial charge in [-0.3, -0.25) is 4.90 Å². The van der Waals surface area contributed by atoms with E-state index in [0.29, 0.717) is 5.75 Å². The summed E-state index contributed by atoms with van der Waals surface area (Å²) in [5.74, 6) is 0.606. The molecule has 1 saturated heterocycles. The van der Waals surface area contributed by atoms with Crippen molar-refractivity contribution in [3.8, 4) is 0 Å². The quantitative estimate of drug-likeness (QED) is 0.845. The molecule has 1 N–H and O–H groups in total. The van der Waals surface area contributed by atoms with Crippen LogP contribution in [-0.4, -0.2) is 55.5 Å². The van der Waals surface area contributed by atoms with E-state index in [1.807, 2.05) is 0 Å². The summed E-state index contributed by atoms with van der Waals surface area (Å²) in [6.45, 7) is 9.24. The Morgan fingerprint density at radius 1 is 1.14 bits per heavy atom. The minimum atomic E-state index is -2.83. The topological polar surface area (TPSA) is 49.4 Å². The molecular formula is C16H32N2O2S. The molecule has 0 aromatic rings. The second-order valence-corrected chi connectivity index (χ2v) is 10.0. The number of sulfone groups is 1. The van der Waals surface area contributed by atoms with Gasteiger partial charge in [-0.25, -0.2) is 8.42 Å². The first-order valence-electron chi connectivity index (χ1n) is 8.49. The minimum Gasteiger partial charge on any atom is -0.309 e. The molecule has 0 unspecified atom stereocenters. The van der Waals surface area contributed by atoms with Crippen molar-refractivity contribution in [3.63, 3.8) is 0 Å². The standard InChI is InChI=1S/C16H32N2O2S/c1-4-21(19,20)12-8-11-18-14-15(2,3)17-13-16(18)9-6-5-7-10-16/h17H,4-14H2,1-3H3. The molecule has 1 aliphatic carbocycles. The van der Waals surface area contributed by atoms with Gasteiger partial charge < -0.3 is 5.32 Å². The molecule has 1 saturated carbocycles. The van der Waals surface area contributed by atoms with Gasteiger partial charge in [0.1, 0.15) is 9.84 Å². The molecule has 21 heavy (non-hydrogen) atoms. The van der Waals surface area contributed by atoms with E-state index >= 15 is 0 Å². The maximum Gasteiger partial charge on any atom is 0.150 e. The SMILES string of the molecule is CCS(=O)(=O)CCCN1CC(C)(C)NCC12CCCCC2. The zero-order valence-corrected chi connectivity index (χ0v) is 14.8. The lowest BCUT2D eigenvalue weighted by molar-refractivity contribution is -0.00954. The number of nitrogens with zero attached hydrogens (tertiary/aromatic N) is 1. The Kier molecular flexibility index (Phi) is 5.37. The van der Waals surface area contributed by atoms with Crippen LogP contribution >= 0.6 is 0 Å². The van der Waals surface area contributed by atoms with Crippen molar-refractivity contribution >= 4 is 9.84 Å². The van der Waals surface area contributed by atoms with Gasteiger partial charge in [0.15, 0.2) is 0 Å². The van der Waals surface area contributed by atoms with Crippen LogP contribution in [0.2, 0.25) is 0 Å². The van der Waals surface area contributed by atoms with Gasteiger partial charge in [-0.05, 0) is 39.7 Å². The first-order valence-corrected chi connectivity index (χ1v) is 10.3. The van der Waals surface area contributed by atoms with Crippen LogP contribution in [0.15, 0.2) is 0 Å². The van der Waals surface area contributed by atoms with Gasteiger partial charge in [0, 0.05) is 29.9 Å². The summed E-state index contributed by atoms with van der Waals surface area (Å²) < 4.78 is 23.4. The fourth-order valence-corrected chi connectivity index (χ4v) is 4.71.